The zero-order valence-electron chi connectivity index (χ0n) is 15.6. The molecule has 0 aliphatic rings. The van der Waals surface area contributed by atoms with Crippen molar-refractivity contribution in [3.63, 3.8) is 0 Å². The maximum absolute atomic E-state index is 12.3. The molecule has 0 aromatic heterocycles. The molecule has 0 spiro atoms. The second kappa shape index (κ2) is 17.0. The van der Waals surface area contributed by atoms with Crippen LogP contribution in [0.4, 0.5) is 0 Å². The van der Waals surface area contributed by atoms with Crippen molar-refractivity contribution in [2.75, 3.05) is 19.8 Å². The summed E-state index contributed by atoms with van der Waals surface area (Å²) in [7, 11) is -4.24. The first kappa shape index (κ1) is 28.1. The molecule has 0 saturated carbocycles. The van der Waals surface area contributed by atoms with E-state index in [9.17, 15) is 18.0 Å². The van der Waals surface area contributed by atoms with Gasteiger partial charge in [-0.2, -0.15) is 8.42 Å². The quantitative estimate of drug-likeness (QED) is 0.179. The van der Waals surface area contributed by atoms with Crippen LogP contribution in [0.5, 0.6) is 0 Å². The molecule has 1 atom stereocenters. The zero-order valence-corrected chi connectivity index (χ0v) is 16.4. The van der Waals surface area contributed by atoms with Crippen molar-refractivity contribution >= 4 is 51.6 Å². The van der Waals surface area contributed by atoms with Crippen LogP contribution in [0.2, 0.25) is 0 Å². The van der Waals surface area contributed by atoms with Gasteiger partial charge in [-0.1, -0.05) is 46.5 Å². The predicted molar refractivity (Wildman–Crippen MR) is 102 cm³/mol. The summed E-state index contributed by atoms with van der Waals surface area (Å²) in [6, 6.07) is 0. The van der Waals surface area contributed by atoms with Crippen LogP contribution in [-0.4, -0.2) is 75.0 Å². The molecule has 150 valence electrons. The number of hydrogen-bond donors (Lipinski definition) is 0. The van der Waals surface area contributed by atoms with E-state index in [0.717, 1.165) is 25.7 Å². The van der Waals surface area contributed by atoms with Crippen LogP contribution in [0, 0.1) is 0 Å². The van der Waals surface area contributed by atoms with E-state index in [1.807, 2.05) is 6.92 Å². The normalized spacial score (nSPS) is 12.1. The topological polar surface area (TPSA) is 96.0 Å². The van der Waals surface area contributed by atoms with Gasteiger partial charge < -0.3 is 9.47 Å². The maximum atomic E-state index is 12.3. The van der Waals surface area contributed by atoms with Gasteiger partial charge in [0.05, 0.1) is 26.2 Å². The van der Waals surface area contributed by atoms with Crippen molar-refractivity contribution in [2.45, 2.75) is 77.4 Å². The summed E-state index contributed by atoms with van der Waals surface area (Å²) >= 11 is 0. The SMILES string of the molecule is CCCCCCCOS(=O)(=O)C(CC(=O)OCCC)C(=O)OCCC.[NaH]. The number of ether oxygens (including phenoxy) is 2. The summed E-state index contributed by atoms with van der Waals surface area (Å²) in [4.78, 5) is 23.8. The summed E-state index contributed by atoms with van der Waals surface area (Å²) < 4.78 is 39.3. The van der Waals surface area contributed by atoms with E-state index in [-0.39, 0.29) is 49.4 Å². The Balaban J connectivity index is 0. The van der Waals surface area contributed by atoms with Gasteiger partial charge in [-0.25, -0.2) is 0 Å². The number of unbranched alkanes of at least 4 members (excludes halogenated alkanes) is 4. The molecule has 7 nitrogen and oxygen atoms in total. The number of esters is 2. The zero-order chi connectivity index (χ0) is 19.1. The minimum atomic E-state index is -4.24. The van der Waals surface area contributed by atoms with Gasteiger partial charge in [0, 0.05) is 0 Å². The van der Waals surface area contributed by atoms with E-state index >= 15 is 0 Å². The van der Waals surface area contributed by atoms with Gasteiger partial charge in [-0.3, -0.25) is 13.8 Å². The summed E-state index contributed by atoms with van der Waals surface area (Å²) in [6.45, 7) is 5.95. The first-order valence-electron chi connectivity index (χ1n) is 9.09. The van der Waals surface area contributed by atoms with Crippen LogP contribution in [0.25, 0.3) is 0 Å². The van der Waals surface area contributed by atoms with Crippen molar-refractivity contribution in [3.8, 4) is 0 Å². The molecule has 0 heterocycles. The van der Waals surface area contributed by atoms with E-state index in [1.165, 1.54) is 0 Å². The van der Waals surface area contributed by atoms with E-state index in [1.54, 1.807) is 6.92 Å². The fourth-order valence-electron chi connectivity index (χ4n) is 1.99. The molecule has 0 aromatic carbocycles. The van der Waals surface area contributed by atoms with E-state index in [0.29, 0.717) is 19.3 Å². The van der Waals surface area contributed by atoms with Gasteiger partial charge in [-0.15, -0.1) is 0 Å². The molecule has 0 saturated heterocycles. The van der Waals surface area contributed by atoms with Crippen LogP contribution in [0.1, 0.15) is 72.1 Å². The minimum absolute atomic E-state index is 0. The third kappa shape index (κ3) is 13.1. The molecule has 0 bridgehead atoms. The average Bonchev–Trinajstić information content (AvgIpc) is 2.58. The Labute approximate surface area is 179 Å². The van der Waals surface area contributed by atoms with Crippen LogP contribution in [-0.2, 0) is 33.4 Å². The molecular formula is C17H33NaO7S. The van der Waals surface area contributed by atoms with Crippen molar-refractivity contribution in [1.29, 1.82) is 0 Å². The number of carbonyl (C=O) groups is 2. The second-order valence-electron chi connectivity index (χ2n) is 5.81. The molecule has 0 aliphatic carbocycles. The summed E-state index contributed by atoms with van der Waals surface area (Å²) in [5.41, 5.74) is 0. The number of rotatable bonds is 15. The molecule has 0 rings (SSSR count). The monoisotopic (exact) mass is 404 g/mol. The fraction of sp³-hybridized carbons (Fsp3) is 0.882. The van der Waals surface area contributed by atoms with E-state index in [2.05, 4.69) is 6.92 Å². The third-order valence-corrected chi connectivity index (χ3v) is 4.93. The average molecular weight is 405 g/mol. The Kier molecular flexibility index (Phi) is 18.3. The summed E-state index contributed by atoms with van der Waals surface area (Å²) in [5, 5.41) is -1.68. The molecule has 0 amide bonds. The molecule has 0 aromatic rings. The first-order valence-corrected chi connectivity index (χ1v) is 10.6. The Morgan fingerprint density at radius 3 is 1.96 bits per heavy atom. The van der Waals surface area contributed by atoms with Crippen molar-refractivity contribution in [2.24, 2.45) is 0 Å². The van der Waals surface area contributed by atoms with Gasteiger partial charge in [-0.05, 0) is 19.3 Å². The molecule has 26 heavy (non-hydrogen) atoms. The van der Waals surface area contributed by atoms with Crippen LogP contribution in [0.15, 0.2) is 0 Å². The van der Waals surface area contributed by atoms with Crippen molar-refractivity contribution < 1.29 is 31.7 Å². The van der Waals surface area contributed by atoms with Crippen LogP contribution in [0.3, 0.4) is 0 Å². The molecule has 0 fully saturated rings. The Hall–Kier alpha value is -0.150. The second-order valence-corrected chi connectivity index (χ2v) is 7.60. The molecule has 9 heteroatoms. The van der Waals surface area contributed by atoms with Gasteiger partial charge >= 0.3 is 41.5 Å². The van der Waals surface area contributed by atoms with Crippen LogP contribution < -0.4 is 0 Å². The molecule has 1 unspecified atom stereocenters. The number of carbonyl (C=O) groups excluding carboxylic acids is 2. The van der Waals surface area contributed by atoms with Crippen molar-refractivity contribution in [1.82, 2.24) is 0 Å². The Bertz CT molecular complexity index is 480. The van der Waals surface area contributed by atoms with Gasteiger partial charge in [0.2, 0.25) is 0 Å². The predicted octanol–water partition coefficient (Wildman–Crippen LogP) is 2.32. The third-order valence-electron chi connectivity index (χ3n) is 3.37. The summed E-state index contributed by atoms with van der Waals surface area (Å²) in [6.07, 6.45) is 5.18. The Morgan fingerprint density at radius 2 is 1.38 bits per heavy atom. The van der Waals surface area contributed by atoms with Crippen molar-refractivity contribution in [3.05, 3.63) is 0 Å². The molecule has 0 aliphatic heterocycles. The van der Waals surface area contributed by atoms with E-state index < -0.39 is 33.7 Å². The first-order chi connectivity index (χ1) is 11.9. The van der Waals surface area contributed by atoms with Gasteiger partial charge in [0.1, 0.15) is 0 Å². The number of hydrogen-bond acceptors (Lipinski definition) is 7. The fourth-order valence-corrected chi connectivity index (χ4v) is 3.15. The van der Waals surface area contributed by atoms with Gasteiger partial charge in [0.25, 0.3) is 10.1 Å². The summed E-state index contributed by atoms with van der Waals surface area (Å²) in [5.74, 6) is -1.73. The van der Waals surface area contributed by atoms with E-state index in [4.69, 9.17) is 13.7 Å². The standard InChI is InChI=1S/C17H32O7S.Na.H/c1-4-7-8-9-10-13-24-25(20,21)15(17(19)23-12-6-3)14-16(18)22-11-5-2;;/h15H,4-14H2,1-3H3;;. The molecule has 0 radical (unpaired) electrons. The molecule has 0 N–H and O–H groups in total. The Morgan fingerprint density at radius 1 is 0.808 bits per heavy atom. The molecular weight excluding hydrogens is 371 g/mol. The van der Waals surface area contributed by atoms with Gasteiger partial charge in [0.15, 0.2) is 5.25 Å². The van der Waals surface area contributed by atoms with Crippen LogP contribution >= 0.6 is 0 Å².